The van der Waals surface area contributed by atoms with E-state index in [1.54, 1.807) is 6.20 Å². The van der Waals surface area contributed by atoms with Crippen molar-refractivity contribution in [1.29, 1.82) is 0 Å². The maximum atomic E-state index is 9.01. The molecule has 1 rings (SSSR count). The molecule has 1 atom stereocenters. The van der Waals surface area contributed by atoms with Crippen molar-refractivity contribution < 1.29 is 5.11 Å². The van der Waals surface area contributed by atoms with Gasteiger partial charge < -0.3 is 10.4 Å². The van der Waals surface area contributed by atoms with E-state index in [4.69, 9.17) is 5.11 Å². The Morgan fingerprint density at radius 2 is 2.25 bits per heavy atom. The van der Waals surface area contributed by atoms with Crippen molar-refractivity contribution in [3.63, 3.8) is 0 Å². The lowest BCUT2D eigenvalue weighted by atomic mass is 9.94. The lowest BCUT2D eigenvalue weighted by Gasteiger charge is -2.29. The highest BCUT2D eigenvalue weighted by atomic mass is 79.9. The largest absolute Gasteiger partial charge is 0.396 e. The van der Waals surface area contributed by atoms with Gasteiger partial charge in [-0.25, -0.2) is 0 Å². The number of halogens is 1. The molecule has 0 saturated carbocycles. The van der Waals surface area contributed by atoms with E-state index in [0.717, 1.165) is 29.4 Å². The number of nitrogens with one attached hydrogen (secondary N) is 1. The molecule has 1 aromatic rings. The van der Waals surface area contributed by atoms with Gasteiger partial charge in [-0.3, -0.25) is 4.98 Å². The molecule has 4 heteroatoms. The van der Waals surface area contributed by atoms with Gasteiger partial charge in [-0.05, 0) is 47.3 Å². The maximum absolute atomic E-state index is 9.01. The molecule has 0 aromatic carbocycles. The number of aromatic nitrogens is 1. The average Bonchev–Trinajstić information content (AvgIpc) is 2.27. The number of pyridine rings is 1. The predicted octanol–water partition coefficient (Wildman–Crippen LogP) is 2.48. The molecule has 0 aliphatic carbocycles. The Kier molecular flexibility index (Phi) is 5.38. The van der Waals surface area contributed by atoms with Crippen LogP contribution in [0.3, 0.4) is 0 Å². The van der Waals surface area contributed by atoms with Crippen LogP contribution in [0.1, 0.15) is 32.3 Å². The molecule has 0 aliphatic rings. The molecule has 0 amide bonds. The van der Waals surface area contributed by atoms with Gasteiger partial charge in [0, 0.05) is 35.6 Å². The minimum atomic E-state index is -0.00291. The third-order valence-electron chi connectivity index (χ3n) is 2.92. The number of aliphatic hydroxyl groups excluding tert-OH is 1. The summed E-state index contributed by atoms with van der Waals surface area (Å²) >= 11 is 3.40. The van der Waals surface area contributed by atoms with Gasteiger partial charge in [0.25, 0.3) is 0 Å². The summed E-state index contributed by atoms with van der Waals surface area (Å²) in [4.78, 5) is 4.12. The fourth-order valence-corrected chi connectivity index (χ4v) is 1.92. The van der Waals surface area contributed by atoms with Gasteiger partial charge in [-0.2, -0.15) is 0 Å². The highest BCUT2D eigenvalue weighted by Gasteiger charge is 2.20. The number of aliphatic hydroxyl groups is 1. The van der Waals surface area contributed by atoms with Crippen LogP contribution in [0.25, 0.3) is 0 Å². The Morgan fingerprint density at radius 3 is 2.81 bits per heavy atom. The minimum absolute atomic E-state index is 0.00291. The molecule has 0 spiro atoms. The third kappa shape index (κ3) is 4.20. The minimum Gasteiger partial charge on any atom is -0.396 e. The van der Waals surface area contributed by atoms with Gasteiger partial charge in [0.05, 0.1) is 0 Å². The fraction of sp³-hybridized carbons (Fsp3) is 0.583. The van der Waals surface area contributed by atoms with Gasteiger partial charge in [0.1, 0.15) is 0 Å². The van der Waals surface area contributed by atoms with Crippen LogP contribution in [0.5, 0.6) is 0 Å². The predicted molar refractivity (Wildman–Crippen MR) is 69.2 cm³/mol. The lowest BCUT2D eigenvalue weighted by Crippen LogP contribution is -2.42. The van der Waals surface area contributed by atoms with Crippen LogP contribution < -0.4 is 5.32 Å². The molecule has 0 saturated heterocycles. The maximum Gasteiger partial charge on any atom is 0.0448 e. The van der Waals surface area contributed by atoms with Crippen molar-refractivity contribution >= 4 is 15.9 Å². The highest BCUT2D eigenvalue weighted by Crippen LogP contribution is 2.16. The van der Waals surface area contributed by atoms with Crippen LogP contribution in [0.2, 0.25) is 0 Å². The first-order valence-electron chi connectivity index (χ1n) is 5.55. The van der Waals surface area contributed by atoms with Gasteiger partial charge >= 0.3 is 0 Å². The quantitative estimate of drug-likeness (QED) is 0.845. The Hall–Kier alpha value is -0.450. The molecule has 1 aromatic heterocycles. The molecule has 0 aliphatic heterocycles. The second-order valence-corrected chi connectivity index (χ2v) is 5.17. The van der Waals surface area contributed by atoms with E-state index in [1.165, 1.54) is 0 Å². The highest BCUT2D eigenvalue weighted by molar-refractivity contribution is 9.10. The second kappa shape index (κ2) is 6.33. The van der Waals surface area contributed by atoms with Crippen molar-refractivity contribution in [1.82, 2.24) is 10.3 Å². The van der Waals surface area contributed by atoms with E-state index >= 15 is 0 Å². The van der Waals surface area contributed by atoms with Crippen LogP contribution in [0.15, 0.2) is 22.9 Å². The summed E-state index contributed by atoms with van der Waals surface area (Å²) in [5, 5.41) is 12.5. The SMILES string of the molecule is CCC(C)(CCO)NCc1cncc(Br)c1. The van der Waals surface area contributed by atoms with Gasteiger partial charge in [-0.15, -0.1) is 0 Å². The van der Waals surface area contributed by atoms with E-state index < -0.39 is 0 Å². The van der Waals surface area contributed by atoms with Gasteiger partial charge in [0.15, 0.2) is 0 Å². The molecular weight excluding hydrogens is 268 g/mol. The zero-order valence-corrected chi connectivity index (χ0v) is 11.4. The first kappa shape index (κ1) is 13.6. The summed E-state index contributed by atoms with van der Waals surface area (Å²) in [7, 11) is 0. The summed E-state index contributed by atoms with van der Waals surface area (Å²) in [5.74, 6) is 0. The van der Waals surface area contributed by atoms with Gasteiger partial charge in [0.2, 0.25) is 0 Å². The van der Waals surface area contributed by atoms with E-state index in [9.17, 15) is 0 Å². The van der Waals surface area contributed by atoms with Crippen molar-refractivity contribution in [2.45, 2.75) is 38.8 Å². The molecule has 16 heavy (non-hydrogen) atoms. The molecular formula is C12H19BrN2O. The van der Waals surface area contributed by atoms with E-state index in [1.807, 2.05) is 6.20 Å². The molecule has 1 heterocycles. The van der Waals surface area contributed by atoms with Crippen molar-refractivity contribution in [3.8, 4) is 0 Å². The number of nitrogens with zero attached hydrogens (tertiary/aromatic N) is 1. The topological polar surface area (TPSA) is 45.1 Å². The van der Waals surface area contributed by atoms with Crippen LogP contribution in [0, 0.1) is 0 Å². The fourth-order valence-electron chi connectivity index (χ4n) is 1.50. The molecule has 1 unspecified atom stereocenters. The van der Waals surface area contributed by atoms with Crippen LogP contribution in [-0.2, 0) is 6.54 Å². The van der Waals surface area contributed by atoms with Crippen LogP contribution >= 0.6 is 15.9 Å². The average molecular weight is 287 g/mol. The Morgan fingerprint density at radius 1 is 1.50 bits per heavy atom. The molecule has 3 nitrogen and oxygen atoms in total. The van der Waals surface area contributed by atoms with E-state index in [0.29, 0.717) is 0 Å². The Bertz CT molecular complexity index is 333. The number of hydrogen-bond acceptors (Lipinski definition) is 3. The lowest BCUT2D eigenvalue weighted by molar-refractivity contribution is 0.214. The number of hydrogen-bond donors (Lipinski definition) is 2. The molecule has 0 fully saturated rings. The summed E-state index contributed by atoms with van der Waals surface area (Å²) in [6, 6.07) is 2.05. The summed E-state index contributed by atoms with van der Waals surface area (Å²) < 4.78 is 0.993. The smallest absolute Gasteiger partial charge is 0.0448 e. The second-order valence-electron chi connectivity index (χ2n) is 4.25. The first-order valence-corrected chi connectivity index (χ1v) is 6.34. The van der Waals surface area contributed by atoms with E-state index in [2.05, 4.69) is 46.1 Å². The standard InChI is InChI=1S/C12H19BrN2O/c1-3-12(2,4-5-16)15-8-10-6-11(13)9-14-7-10/h6-7,9,15-16H,3-5,8H2,1-2H3. The Balaban J connectivity index is 2.55. The summed E-state index contributed by atoms with van der Waals surface area (Å²) in [6.45, 7) is 5.25. The summed E-state index contributed by atoms with van der Waals surface area (Å²) in [5.41, 5.74) is 1.14. The zero-order valence-electron chi connectivity index (χ0n) is 9.83. The monoisotopic (exact) mass is 286 g/mol. The van der Waals surface area contributed by atoms with Crippen molar-refractivity contribution in [3.05, 3.63) is 28.5 Å². The first-order chi connectivity index (χ1) is 7.59. The molecule has 90 valence electrons. The number of rotatable bonds is 6. The zero-order chi connectivity index (χ0) is 12.0. The molecule has 2 N–H and O–H groups in total. The van der Waals surface area contributed by atoms with Crippen LogP contribution in [-0.4, -0.2) is 22.2 Å². The normalized spacial score (nSPS) is 14.8. The Labute approximate surface area is 105 Å². The van der Waals surface area contributed by atoms with Crippen molar-refractivity contribution in [2.24, 2.45) is 0 Å². The molecule has 0 bridgehead atoms. The van der Waals surface area contributed by atoms with Crippen molar-refractivity contribution in [2.75, 3.05) is 6.61 Å². The summed E-state index contributed by atoms with van der Waals surface area (Å²) in [6.07, 6.45) is 5.39. The van der Waals surface area contributed by atoms with Crippen LogP contribution in [0.4, 0.5) is 0 Å². The van der Waals surface area contributed by atoms with Gasteiger partial charge in [-0.1, -0.05) is 6.92 Å². The third-order valence-corrected chi connectivity index (χ3v) is 3.36. The molecule has 0 radical (unpaired) electrons. The van der Waals surface area contributed by atoms with E-state index in [-0.39, 0.29) is 12.1 Å².